The van der Waals surface area contributed by atoms with E-state index in [-0.39, 0.29) is 0 Å². The summed E-state index contributed by atoms with van der Waals surface area (Å²) in [5.41, 5.74) is 7.34. The van der Waals surface area contributed by atoms with Gasteiger partial charge < -0.3 is 10.3 Å². The van der Waals surface area contributed by atoms with E-state index in [4.69, 9.17) is 0 Å². The number of nitrogens with zero attached hydrogens (tertiary/aromatic N) is 2. The van der Waals surface area contributed by atoms with Crippen LogP contribution in [0.2, 0.25) is 0 Å². The van der Waals surface area contributed by atoms with Crippen LogP contribution >= 0.6 is 11.3 Å². The molecule has 0 unspecified atom stereocenters. The van der Waals surface area contributed by atoms with Crippen LogP contribution < -0.4 is 15.9 Å². The number of rotatable bonds is 5. The van der Waals surface area contributed by atoms with E-state index in [2.05, 4.69) is 69.0 Å². The van der Waals surface area contributed by atoms with Gasteiger partial charge in [0.05, 0.1) is 22.8 Å². The molecular weight excluding hydrogens is 426 g/mol. The molecule has 166 valence electrons. The molecule has 4 aromatic heterocycles. The number of nitrogens with one attached hydrogen (secondary N) is 3. The normalized spacial score (nSPS) is 15.3. The summed E-state index contributed by atoms with van der Waals surface area (Å²) >= 11 is 1.74. The Morgan fingerprint density at radius 1 is 1.21 bits per heavy atom. The predicted octanol–water partition coefficient (Wildman–Crippen LogP) is 4.77. The number of pyridine rings is 1. The second kappa shape index (κ2) is 8.81. The molecule has 0 aromatic carbocycles. The molecule has 5 nitrogen and oxygen atoms in total. The highest BCUT2D eigenvalue weighted by atomic mass is 32.1. The summed E-state index contributed by atoms with van der Waals surface area (Å²) in [5, 5.41) is 14.4. The summed E-state index contributed by atoms with van der Waals surface area (Å²) in [6.07, 6.45) is 11.2. The Labute approximate surface area is 197 Å². The van der Waals surface area contributed by atoms with Crippen molar-refractivity contribution in [3.05, 3.63) is 76.4 Å². The highest BCUT2D eigenvalue weighted by Crippen LogP contribution is 2.36. The number of hydrogen-bond acceptors (Lipinski definition) is 4. The Morgan fingerprint density at radius 2 is 2.09 bits per heavy atom. The Hall–Kier alpha value is -3.48. The molecule has 5 rings (SSSR count). The van der Waals surface area contributed by atoms with Crippen molar-refractivity contribution in [2.45, 2.75) is 20.3 Å². The third-order valence-corrected chi connectivity index (χ3v) is 7.29. The van der Waals surface area contributed by atoms with Gasteiger partial charge in [-0.3, -0.25) is 10.1 Å². The predicted molar refractivity (Wildman–Crippen MR) is 140 cm³/mol. The fourth-order valence-electron chi connectivity index (χ4n) is 4.20. The largest absolute Gasteiger partial charge is 0.352 e. The van der Waals surface area contributed by atoms with Crippen LogP contribution in [0.25, 0.3) is 50.5 Å². The quantitative estimate of drug-likeness (QED) is 0.408. The van der Waals surface area contributed by atoms with E-state index in [0.717, 1.165) is 69.1 Å². The van der Waals surface area contributed by atoms with Crippen molar-refractivity contribution in [1.29, 1.82) is 0 Å². The monoisotopic (exact) mass is 453 g/mol. The summed E-state index contributed by atoms with van der Waals surface area (Å²) < 4.78 is 0. The van der Waals surface area contributed by atoms with Crippen molar-refractivity contribution in [3.8, 4) is 21.8 Å². The average Bonchev–Trinajstić information content (AvgIpc) is 3.57. The average molecular weight is 454 g/mol. The maximum atomic E-state index is 4.66. The lowest BCUT2D eigenvalue weighted by molar-refractivity contribution is 0.710. The lowest BCUT2D eigenvalue weighted by Crippen LogP contribution is -2.25. The van der Waals surface area contributed by atoms with E-state index in [0.29, 0.717) is 0 Å². The molecule has 5 heterocycles. The molecule has 4 aromatic rings. The molecule has 0 saturated carbocycles. The number of aromatic amines is 2. The Morgan fingerprint density at radius 3 is 2.82 bits per heavy atom. The van der Waals surface area contributed by atoms with Gasteiger partial charge in [-0.05, 0) is 67.8 Å². The summed E-state index contributed by atoms with van der Waals surface area (Å²) in [5.74, 6) is 0. The first-order valence-corrected chi connectivity index (χ1v) is 11.9. The lowest BCUT2D eigenvalue weighted by Gasteiger charge is -2.13. The van der Waals surface area contributed by atoms with E-state index in [1.165, 1.54) is 15.3 Å². The van der Waals surface area contributed by atoms with Crippen molar-refractivity contribution in [2.24, 2.45) is 0 Å². The first kappa shape index (κ1) is 21.4. The molecule has 0 radical (unpaired) electrons. The van der Waals surface area contributed by atoms with Crippen molar-refractivity contribution in [1.82, 2.24) is 25.5 Å². The van der Waals surface area contributed by atoms with Crippen molar-refractivity contribution in [3.63, 3.8) is 0 Å². The number of allylic oxidation sites excluding steroid dienone is 2. The molecule has 0 fully saturated rings. The Kier molecular flexibility index (Phi) is 5.70. The van der Waals surface area contributed by atoms with Crippen LogP contribution in [0.5, 0.6) is 0 Å². The number of H-pyrrole nitrogens is 2. The minimum Gasteiger partial charge on any atom is -0.352 e. The smallest absolute Gasteiger partial charge is 0.116 e. The highest BCUT2D eigenvalue weighted by Gasteiger charge is 2.14. The topological polar surface area (TPSA) is 69.4 Å². The minimum absolute atomic E-state index is 0.884. The third kappa shape index (κ3) is 4.03. The summed E-state index contributed by atoms with van der Waals surface area (Å²) in [7, 11) is 0. The molecule has 0 bridgehead atoms. The second-order valence-corrected chi connectivity index (χ2v) is 9.40. The van der Waals surface area contributed by atoms with Gasteiger partial charge in [-0.2, -0.15) is 5.10 Å². The Bertz CT molecular complexity index is 1530. The zero-order chi connectivity index (χ0) is 22.9. The molecule has 33 heavy (non-hydrogen) atoms. The number of thiophene rings is 1. The highest BCUT2D eigenvalue weighted by molar-refractivity contribution is 7.16. The van der Waals surface area contributed by atoms with Gasteiger partial charge in [0.15, 0.2) is 0 Å². The van der Waals surface area contributed by atoms with Gasteiger partial charge in [-0.1, -0.05) is 25.3 Å². The maximum Gasteiger partial charge on any atom is 0.116 e. The lowest BCUT2D eigenvalue weighted by atomic mass is 10.00. The first-order valence-electron chi connectivity index (χ1n) is 11.1. The fraction of sp³-hybridized carbons (Fsp3) is 0.185. The van der Waals surface area contributed by atoms with Gasteiger partial charge in [0.1, 0.15) is 5.69 Å². The van der Waals surface area contributed by atoms with Gasteiger partial charge in [0.25, 0.3) is 0 Å². The first-order chi connectivity index (χ1) is 16.0. The maximum absolute atomic E-state index is 4.66. The standard InChI is InChI=1S/C27H27N5S/c1-5-22-20(12-17(4)18-8-10-28-11-9-18)27(32-31-22)23-13-19-21(14-29-15-24(19)30-23)26-7-6-25(33-26)16(2)3/h5-8,12-15,28,30-31H,2,4,9-11H2,1,3H3/b20-12+,22-5+. The van der Waals surface area contributed by atoms with Crippen molar-refractivity contribution in [2.75, 3.05) is 13.1 Å². The number of fused-ring (bicyclic) bond motifs is 1. The Balaban J connectivity index is 1.63. The van der Waals surface area contributed by atoms with Gasteiger partial charge in [0.2, 0.25) is 0 Å². The molecule has 1 aliphatic heterocycles. The van der Waals surface area contributed by atoms with Crippen molar-refractivity contribution < 1.29 is 0 Å². The second-order valence-electron chi connectivity index (χ2n) is 8.32. The third-order valence-electron chi connectivity index (χ3n) is 6.01. The molecule has 3 N–H and O–H groups in total. The van der Waals surface area contributed by atoms with E-state index in [9.17, 15) is 0 Å². The van der Waals surface area contributed by atoms with Crippen molar-refractivity contribution >= 4 is 40.0 Å². The van der Waals surface area contributed by atoms with Crippen LogP contribution in [0.15, 0.2) is 61.0 Å². The number of aromatic nitrogens is 4. The summed E-state index contributed by atoms with van der Waals surface area (Å²) in [6.45, 7) is 14.3. The van der Waals surface area contributed by atoms with Crippen LogP contribution in [-0.2, 0) is 0 Å². The van der Waals surface area contributed by atoms with E-state index < -0.39 is 0 Å². The van der Waals surface area contributed by atoms with E-state index >= 15 is 0 Å². The van der Waals surface area contributed by atoms with E-state index in [1.807, 2.05) is 32.3 Å². The van der Waals surface area contributed by atoms with Crippen LogP contribution in [0.4, 0.5) is 0 Å². The van der Waals surface area contributed by atoms with E-state index in [1.54, 1.807) is 11.3 Å². The molecule has 0 aliphatic carbocycles. The van der Waals surface area contributed by atoms with Gasteiger partial charge in [-0.15, -0.1) is 11.3 Å². The summed E-state index contributed by atoms with van der Waals surface area (Å²) in [6, 6.07) is 6.44. The number of hydrogen-bond donors (Lipinski definition) is 3. The van der Waals surface area contributed by atoms with Gasteiger partial charge >= 0.3 is 0 Å². The molecule has 1 aliphatic rings. The molecule has 0 spiro atoms. The summed E-state index contributed by atoms with van der Waals surface area (Å²) in [4.78, 5) is 10.4. The molecule has 0 amide bonds. The van der Waals surface area contributed by atoms with Crippen LogP contribution in [0.3, 0.4) is 0 Å². The van der Waals surface area contributed by atoms with Gasteiger partial charge in [0, 0.05) is 38.7 Å². The van der Waals surface area contributed by atoms with Crippen LogP contribution in [-0.4, -0.2) is 33.3 Å². The minimum atomic E-state index is 0.884. The molecule has 6 heteroatoms. The fourth-order valence-corrected chi connectivity index (χ4v) is 5.16. The zero-order valence-corrected chi connectivity index (χ0v) is 19.8. The SMILES string of the molecule is C=C(/C=c1/c(-c2cc3c(-c4ccc(C(=C)C)s4)cncc3[nH]2)n[nH]/c1=C/C)C1=CCNCC1. The van der Waals surface area contributed by atoms with Crippen LogP contribution in [0.1, 0.15) is 25.1 Å². The molecule has 0 saturated heterocycles. The van der Waals surface area contributed by atoms with Crippen LogP contribution in [0, 0.1) is 0 Å². The van der Waals surface area contributed by atoms with Gasteiger partial charge in [-0.25, -0.2) is 0 Å². The molecule has 0 atom stereocenters. The zero-order valence-electron chi connectivity index (χ0n) is 19.0. The molecular formula is C27H27N5S.